The maximum Gasteiger partial charge on any atom is 0.229 e. The molecule has 0 bridgehead atoms. The van der Waals surface area contributed by atoms with E-state index in [1.807, 2.05) is 29.6 Å². The van der Waals surface area contributed by atoms with Crippen molar-refractivity contribution < 1.29 is 4.79 Å². The predicted molar refractivity (Wildman–Crippen MR) is 83.3 cm³/mol. The molecule has 0 fully saturated rings. The van der Waals surface area contributed by atoms with Crippen LogP contribution < -0.4 is 0 Å². The number of thiazole rings is 1. The number of likely N-dealkylation sites (N-methyl/N-ethyl adjacent to an activating group) is 1. The van der Waals surface area contributed by atoms with Gasteiger partial charge in [-0.1, -0.05) is 29.8 Å². The molecule has 0 aliphatic heterocycles. The van der Waals surface area contributed by atoms with Gasteiger partial charge in [0.15, 0.2) is 0 Å². The third-order valence-electron chi connectivity index (χ3n) is 2.83. The first-order valence-corrected chi connectivity index (χ1v) is 7.86. The fourth-order valence-corrected chi connectivity index (χ4v) is 2.93. The zero-order chi connectivity index (χ0) is 14.5. The molecule has 2 aromatic rings. The van der Waals surface area contributed by atoms with Gasteiger partial charge in [0.05, 0.1) is 18.0 Å². The van der Waals surface area contributed by atoms with Crippen LogP contribution >= 0.6 is 34.5 Å². The van der Waals surface area contributed by atoms with E-state index in [1.165, 1.54) is 11.3 Å². The maximum atomic E-state index is 12.1. The van der Waals surface area contributed by atoms with Gasteiger partial charge in [-0.2, -0.15) is 0 Å². The van der Waals surface area contributed by atoms with E-state index in [-0.39, 0.29) is 5.91 Å². The summed E-state index contributed by atoms with van der Waals surface area (Å²) in [6, 6.07) is 7.52. The smallest absolute Gasteiger partial charge is 0.229 e. The highest BCUT2D eigenvalue weighted by atomic mass is 35.5. The second-order valence-corrected chi connectivity index (χ2v) is 6.00. The summed E-state index contributed by atoms with van der Waals surface area (Å²) in [4.78, 5) is 18.1. The summed E-state index contributed by atoms with van der Waals surface area (Å²) in [7, 11) is 1.77. The topological polar surface area (TPSA) is 33.2 Å². The van der Waals surface area contributed by atoms with Crippen molar-refractivity contribution in [3.05, 3.63) is 50.9 Å². The summed E-state index contributed by atoms with van der Waals surface area (Å²) < 4.78 is 0. The zero-order valence-corrected chi connectivity index (χ0v) is 13.3. The Morgan fingerprint density at radius 1 is 1.40 bits per heavy atom. The van der Waals surface area contributed by atoms with E-state index in [0.29, 0.717) is 23.9 Å². The lowest BCUT2D eigenvalue weighted by Crippen LogP contribution is -2.27. The van der Waals surface area contributed by atoms with Crippen LogP contribution in [0.25, 0.3) is 0 Å². The Morgan fingerprint density at radius 2 is 2.15 bits per heavy atom. The first kappa shape index (κ1) is 15.3. The Morgan fingerprint density at radius 3 is 2.80 bits per heavy atom. The molecule has 6 heteroatoms. The molecule has 0 radical (unpaired) electrons. The molecule has 1 heterocycles. The number of rotatable bonds is 5. The first-order chi connectivity index (χ1) is 9.60. The van der Waals surface area contributed by atoms with Crippen LogP contribution in [-0.2, 0) is 23.6 Å². The quantitative estimate of drug-likeness (QED) is 0.783. The van der Waals surface area contributed by atoms with Crippen LogP contribution in [0, 0.1) is 0 Å². The molecule has 0 spiro atoms. The number of amides is 1. The summed E-state index contributed by atoms with van der Waals surface area (Å²) in [6.45, 7) is 0.492. The number of hydrogen-bond acceptors (Lipinski definition) is 3. The number of alkyl halides is 1. The molecule has 1 amide bonds. The number of carbonyl (C=O) groups excluding carboxylic acids is 1. The van der Waals surface area contributed by atoms with Gasteiger partial charge >= 0.3 is 0 Å². The molecule has 0 atom stereocenters. The van der Waals surface area contributed by atoms with Crippen molar-refractivity contribution in [2.45, 2.75) is 18.8 Å². The monoisotopic (exact) mass is 328 g/mol. The minimum atomic E-state index is 0.0143. The van der Waals surface area contributed by atoms with Crippen molar-refractivity contribution in [3.8, 4) is 0 Å². The van der Waals surface area contributed by atoms with Crippen molar-refractivity contribution in [2.24, 2.45) is 0 Å². The average molecular weight is 329 g/mol. The van der Waals surface area contributed by atoms with Crippen molar-refractivity contribution in [1.82, 2.24) is 9.88 Å². The van der Waals surface area contributed by atoms with Gasteiger partial charge in [-0.25, -0.2) is 4.98 Å². The second-order valence-electron chi connectivity index (χ2n) is 4.38. The molecule has 0 saturated heterocycles. The molecule has 0 unspecified atom stereocenters. The summed E-state index contributed by atoms with van der Waals surface area (Å²) in [5.74, 6) is 0.389. The van der Waals surface area contributed by atoms with Gasteiger partial charge in [0.1, 0.15) is 5.01 Å². The van der Waals surface area contributed by atoms with Crippen LogP contribution in [-0.4, -0.2) is 22.8 Å². The minimum absolute atomic E-state index is 0.0143. The number of nitrogens with zero attached hydrogens (tertiary/aromatic N) is 2. The van der Waals surface area contributed by atoms with Crippen LogP contribution in [0.2, 0.25) is 5.02 Å². The molecule has 106 valence electrons. The maximum absolute atomic E-state index is 12.1. The number of hydrogen-bond donors (Lipinski definition) is 0. The second kappa shape index (κ2) is 7.07. The van der Waals surface area contributed by atoms with Crippen LogP contribution in [0.4, 0.5) is 0 Å². The molecule has 1 aromatic heterocycles. The van der Waals surface area contributed by atoms with Crippen molar-refractivity contribution in [1.29, 1.82) is 0 Å². The highest BCUT2D eigenvalue weighted by molar-refractivity contribution is 7.09. The molecule has 0 N–H and O–H groups in total. The van der Waals surface area contributed by atoms with Gasteiger partial charge in [0.2, 0.25) is 5.91 Å². The Labute approximate surface area is 132 Å². The van der Waals surface area contributed by atoms with Crippen molar-refractivity contribution in [2.75, 3.05) is 7.05 Å². The number of halogens is 2. The van der Waals surface area contributed by atoms with Crippen LogP contribution in [0.15, 0.2) is 29.6 Å². The number of aromatic nitrogens is 1. The molecule has 1 aromatic carbocycles. The summed E-state index contributed by atoms with van der Waals surface area (Å²) in [5, 5.41) is 3.34. The van der Waals surface area contributed by atoms with E-state index >= 15 is 0 Å². The fraction of sp³-hybridized carbons (Fsp3) is 0.286. The molecular formula is C14H14Cl2N2OS. The van der Waals surface area contributed by atoms with E-state index < -0.39 is 0 Å². The summed E-state index contributed by atoms with van der Waals surface area (Å²) in [5.41, 5.74) is 1.75. The number of carbonyl (C=O) groups is 1. The van der Waals surface area contributed by atoms with Crippen LogP contribution in [0.1, 0.15) is 16.3 Å². The largest absolute Gasteiger partial charge is 0.341 e. The van der Waals surface area contributed by atoms with Gasteiger partial charge in [0.25, 0.3) is 0 Å². The van der Waals surface area contributed by atoms with Gasteiger partial charge in [-0.3, -0.25) is 4.79 Å². The molecule has 3 nitrogen and oxygen atoms in total. The molecule has 0 aliphatic carbocycles. The standard InChI is InChI=1S/C14H14Cl2N2OS/c1-18(8-10-4-2-3-5-12(10)16)14(19)6-13-17-11(7-15)9-20-13/h2-5,9H,6-8H2,1H3. The Balaban J connectivity index is 1.97. The van der Waals surface area contributed by atoms with Crippen LogP contribution in [0.3, 0.4) is 0 Å². The van der Waals surface area contributed by atoms with Gasteiger partial charge < -0.3 is 4.90 Å². The fourth-order valence-electron chi connectivity index (χ4n) is 1.73. The highest BCUT2D eigenvalue weighted by Crippen LogP contribution is 2.17. The van der Waals surface area contributed by atoms with E-state index in [1.54, 1.807) is 11.9 Å². The molecular weight excluding hydrogens is 315 g/mol. The van der Waals surface area contributed by atoms with Gasteiger partial charge in [0, 0.05) is 24.0 Å². The molecule has 20 heavy (non-hydrogen) atoms. The van der Waals surface area contributed by atoms with Crippen LogP contribution in [0.5, 0.6) is 0 Å². The third-order valence-corrected chi connectivity index (χ3v) is 4.37. The summed E-state index contributed by atoms with van der Waals surface area (Å²) in [6.07, 6.45) is 0.294. The van der Waals surface area contributed by atoms with Gasteiger partial charge in [-0.15, -0.1) is 22.9 Å². The predicted octanol–water partition coefficient (Wildman–Crippen LogP) is 3.74. The Bertz CT molecular complexity index is 600. The van der Waals surface area contributed by atoms with E-state index in [4.69, 9.17) is 23.2 Å². The lowest BCUT2D eigenvalue weighted by atomic mass is 10.2. The number of benzene rings is 1. The van der Waals surface area contributed by atoms with Crippen molar-refractivity contribution in [3.63, 3.8) is 0 Å². The van der Waals surface area contributed by atoms with E-state index in [2.05, 4.69) is 4.98 Å². The van der Waals surface area contributed by atoms with E-state index in [9.17, 15) is 4.79 Å². The third kappa shape index (κ3) is 3.95. The van der Waals surface area contributed by atoms with E-state index in [0.717, 1.165) is 16.3 Å². The SMILES string of the molecule is CN(Cc1ccccc1Cl)C(=O)Cc1nc(CCl)cs1. The Kier molecular flexibility index (Phi) is 5.40. The average Bonchev–Trinajstić information content (AvgIpc) is 2.89. The lowest BCUT2D eigenvalue weighted by Gasteiger charge is -2.17. The summed E-state index contributed by atoms with van der Waals surface area (Å²) >= 11 is 13.3. The van der Waals surface area contributed by atoms with Gasteiger partial charge in [-0.05, 0) is 11.6 Å². The lowest BCUT2D eigenvalue weighted by molar-refractivity contribution is -0.129. The minimum Gasteiger partial charge on any atom is -0.341 e. The normalized spacial score (nSPS) is 10.6. The first-order valence-electron chi connectivity index (χ1n) is 6.06. The highest BCUT2D eigenvalue weighted by Gasteiger charge is 2.13. The molecule has 0 aliphatic rings. The Hall–Kier alpha value is -1.10. The molecule has 2 rings (SSSR count). The van der Waals surface area contributed by atoms with Crippen molar-refractivity contribution >= 4 is 40.4 Å². The molecule has 0 saturated carbocycles. The zero-order valence-electron chi connectivity index (χ0n) is 11.0.